The lowest BCUT2D eigenvalue weighted by Gasteiger charge is -2.60. The zero-order chi connectivity index (χ0) is 11.3. The quantitative estimate of drug-likeness (QED) is 0.747. The maximum Gasteiger partial charge on any atom is 0.0421 e. The number of hydrogen-bond acceptors (Lipinski definition) is 1. The minimum Gasteiger partial charge on any atom is -0.317 e. The van der Waals surface area contributed by atoms with Crippen molar-refractivity contribution in [3.8, 4) is 0 Å². The fraction of sp³-hybridized carbons (Fsp3) is 1.00. The molecule has 92 valence electrons. The summed E-state index contributed by atoms with van der Waals surface area (Å²) in [5, 5.41) is 3.87. The van der Waals surface area contributed by atoms with E-state index >= 15 is 0 Å². The summed E-state index contributed by atoms with van der Waals surface area (Å²) in [7, 11) is 2.08. The van der Waals surface area contributed by atoms with Crippen molar-refractivity contribution in [2.24, 2.45) is 23.2 Å². The average Bonchev–Trinajstić information content (AvgIpc) is 2.24. The molecule has 0 heterocycles. The van der Waals surface area contributed by atoms with Crippen LogP contribution in [0.15, 0.2) is 0 Å². The number of alkyl halides is 1. The Balaban J connectivity index is 1.82. The van der Waals surface area contributed by atoms with Crippen LogP contribution in [-0.2, 0) is 0 Å². The standard InChI is InChI=1S/C14H24ClN/c1-9(16-2)6-14-7-10-3-11(8-14)5-12(4-10)13(14)15/h9-13,16H,3-8H2,1-2H3/t9-,10-,11+,12?,13+,14?/m1/s1. The molecule has 4 aliphatic carbocycles. The van der Waals surface area contributed by atoms with E-state index in [9.17, 15) is 0 Å². The number of halogens is 1. The van der Waals surface area contributed by atoms with E-state index in [1.807, 2.05) is 0 Å². The summed E-state index contributed by atoms with van der Waals surface area (Å²) in [6.45, 7) is 2.31. The highest BCUT2D eigenvalue weighted by Gasteiger charge is 2.56. The van der Waals surface area contributed by atoms with Crippen LogP contribution in [0.1, 0.15) is 45.4 Å². The summed E-state index contributed by atoms with van der Waals surface area (Å²) < 4.78 is 0. The molecular weight excluding hydrogens is 218 g/mol. The summed E-state index contributed by atoms with van der Waals surface area (Å²) in [6.07, 6.45) is 8.50. The van der Waals surface area contributed by atoms with Crippen LogP contribution in [0.5, 0.6) is 0 Å². The first-order valence-electron chi connectivity index (χ1n) is 6.94. The molecule has 0 saturated heterocycles. The lowest BCUT2D eigenvalue weighted by atomic mass is 9.48. The van der Waals surface area contributed by atoms with E-state index in [1.54, 1.807) is 0 Å². The fourth-order valence-electron chi connectivity index (χ4n) is 5.14. The number of hydrogen-bond donors (Lipinski definition) is 1. The minimum absolute atomic E-state index is 0.469. The first kappa shape index (κ1) is 11.3. The molecule has 0 aromatic heterocycles. The average molecular weight is 242 g/mol. The van der Waals surface area contributed by atoms with Gasteiger partial charge in [0.1, 0.15) is 0 Å². The summed E-state index contributed by atoms with van der Waals surface area (Å²) in [5.74, 6) is 2.87. The van der Waals surface area contributed by atoms with Gasteiger partial charge in [0.25, 0.3) is 0 Å². The van der Waals surface area contributed by atoms with Gasteiger partial charge in [-0.2, -0.15) is 0 Å². The highest BCUT2D eigenvalue weighted by molar-refractivity contribution is 6.21. The minimum atomic E-state index is 0.469. The van der Waals surface area contributed by atoms with Crippen molar-refractivity contribution in [2.45, 2.75) is 56.9 Å². The summed E-state index contributed by atoms with van der Waals surface area (Å²) in [4.78, 5) is 0. The molecule has 4 bridgehead atoms. The van der Waals surface area contributed by atoms with Crippen LogP contribution in [0.4, 0.5) is 0 Å². The van der Waals surface area contributed by atoms with Crippen molar-refractivity contribution in [3.05, 3.63) is 0 Å². The molecule has 1 nitrogen and oxygen atoms in total. The molecule has 1 N–H and O–H groups in total. The van der Waals surface area contributed by atoms with Crippen LogP contribution in [0.25, 0.3) is 0 Å². The molecule has 2 unspecified atom stereocenters. The topological polar surface area (TPSA) is 12.0 Å². The van der Waals surface area contributed by atoms with Crippen LogP contribution < -0.4 is 5.32 Å². The van der Waals surface area contributed by atoms with Gasteiger partial charge in [-0.15, -0.1) is 11.6 Å². The second-order valence-corrected chi connectivity index (χ2v) is 7.24. The molecule has 0 amide bonds. The van der Waals surface area contributed by atoms with Crippen molar-refractivity contribution in [2.75, 3.05) is 7.05 Å². The summed E-state index contributed by atoms with van der Waals surface area (Å²) in [6, 6.07) is 0.623. The summed E-state index contributed by atoms with van der Waals surface area (Å²) >= 11 is 6.80. The van der Waals surface area contributed by atoms with Crippen LogP contribution in [-0.4, -0.2) is 18.5 Å². The van der Waals surface area contributed by atoms with Crippen molar-refractivity contribution >= 4 is 11.6 Å². The molecule has 4 aliphatic rings. The Labute approximate surface area is 104 Å². The van der Waals surface area contributed by atoms with Crippen molar-refractivity contribution in [1.82, 2.24) is 5.32 Å². The lowest BCUT2D eigenvalue weighted by Crippen LogP contribution is -2.55. The lowest BCUT2D eigenvalue weighted by molar-refractivity contribution is -0.0558. The first-order chi connectivity index (χ1) is 7.63. The fourth-order valence-corrected chi connectivity index (χ4v) is 5.61. The number of rotatable bonds is 3. The largest absolute Gasteiger partial charge is 0.317 e. The molecule has 16 heavy (non-hydrogen) atoms. The third kappa shape index (κ3) is 1.62. The van der Waals surface area contributed by atoms with E-state index in [1.165, 1.54) is 38.5 Å². The Hall–Kier alpha value is 0.250. The zero-order valence-corrected chi connectivity index (χ0v) is 11.3. The van der Waals surface area contributed by atoms with Crippen LogP contribution in [0.3, 0.4) is 0 Å². The van der Waals surface area contributed by atoms with E-state index < -0.39 is 0 Å². The maximum absolute atomic E-state index is 6.80. The van der Waals surface area contributed by atoms with Crippen LogP contribution >= 0.6 is 11.6 Å². The monoisotopic (exact) mass is 241 g/mol. The van der Waals surface area contributed by atoms with Crippen molar-refractivity contribution in [3.63, 3.8) is 0 Å². The maximum atomic E-state index is 6.80. The predicted octanol–water partition coefficient (Wildman–Crippen LogP) is 3.42. The van der Waals surface area contributed by atoms with E-state index in [4.69, 9.17) is 11.6 Å². The molecule has 0 spiro atoms. The molecule has 4 fully saturated rings. The molecule has 0 aromatic rings. The van der Waals surface area contributed by atoms with Gasteiger partial charge in [0.2, 0.25) is 0 Å². The van der Waals surface area contributed by atoms with Crippen LogP contribution in [0.2, 0.25) is 0 Å². The molecule has 6 atom stereocenters. The third-order valence-corrected chi connectivity index (χ3v) is 6.35. The van der Waals surface area contributed by atoms with Gasteiger partial charge in [-0.05, 0) is 75.7 Å². The molecule has 2 heteroatoms. The molecular formula is C14H24ClN. The molecule has 4 saturated carbocycles. The van der Waals surface area contributed by atoms with Gasteiger partial charge in [-0.25, -0.2) is 0 Å². The highest BCUT2D eigenvalue weighted by atomic mass is 35.5. The molecule has 4 rings (SSSR count). The van der Waals surface area contributed by atoms with E-state index in [0.717, 1.165) is 17.8 Å². The van der Waals surface area contributed by atoms with Gasteiger partial charge in [0, 0.05) is 11.4 Å². The van der Waals surface area contributed by atoms with E-state index in [2.05, 4.69) is 19.3 Å². The Morgan fingerprint density at radius 2 is 1.88 bits per heavy atom. The van der Waals surface area contributed by atoms with Gasteiger partial charge < -0.3 is 5.32 Å². The highest BCUT2D eigenvalue weighted by Crippen LogP contribution is 2.63. The van der Waals surface area contributed by atoms with Gasteiger partial charge in [-0.3, -0.25) is 0 Å². The summed E-state index contributed by atoms with van der Waals surface area (Å²) in [5.41, 5.74) is 0.485. The van der Waals surface area contributed by atoms with Gasteiger partial charge in [0.05, 0.1) is 0 Å². The van der Waals surface area contributed by atoms with Crippen LogP contribution in [0, 0.1) is 23.2 Å². The Morgan fingerprint density at radius 1 is 1.25 bits per heavy atom. The van der Waals surface area contributed by atoms with E-state index in [-0.39, 0.29) is 0 Å². The first-order valence-corrected chi connectivity index (χ1v) is 7.38. The second kappa shape index (κ2) is 3.88. The van der Waals surface area contributed by atoms with Gasteiger partial charge in [-0.1, -0.05) is 0 Å². The Bertz CT molecular complexity index is 264. The van der Waals surface area contributed by atoms with Crippen molar-refractivity contribution < 1.29 is 0 Å². The van der Waals surface area contributed by atoms with Gasteiger partial charge >= 0.3 is 0 Å². The number of nitrogens with one attached hydrogen (secondary N) is 1. The predicted molar refractivity (Wildman–Crippen MR) is 68.8 cm³/mol. The molecule has 0 aromatic carbocycles. The zero-order valence-electron chi connectivity index (χ0n) is 10.5. The SMILES string of the molecule is CN[C@H](C)CC12C[C@@H]3CC(C[C@@H](C3)C1)[C@@H]2Cl. The van der Waals surface area contributed by atoms with Gasteiger partial charge in [0.15, 0.2) is 0 Å². The van der Waals surface area contributed by atoms with E-state index in [0.29, 0.717) is 16.8 Å². The Kier molecular flexibility index (Phi) is 2.75. The Morgan fingerprint density at radius 3 is 2.44 bits per heavy atom. The molecule has 0 radical (unpaired) electrons. The van der Waals surface area contributed by atoms with Crippen molar-refractivity contribution in [1.29, 1.82) is 0 Å². The normalized spacial score (nSPS) is 51.9. The molecule has 0 aliphatic heterocycles. The second-order valence-electron chi connectivity index (χ2n) is 6.77. The smallest absolute Gasteiger partial charge is 0.0421 e. The third-order valence-electron chi connectivity index (χ3n) is 5.53.